The molecule has 106 valence electrons. The van der Waals surface area contributed by atoms with Crippen LogP contribution in [0.15, 0.2) is 28.8 Å². The van der Waals surface area contributed by atoms with Crippen LogP contribution in [0.25, 0.3) is 0 Å². The monoisotopic (exact) mass is 272 g/mol. The van der Waals surface area contributed by atoms with Gasteiger partial charge in [-0.1, -0.05) is 36.3 Å². The molecule has 1 aliphatic rings. The van der Waals surface area contributed by atoms with Crippen molar-refractivity contribution in [2.24, 2.45) is 0 Å². The van der Waals surface area contributed by atoms with E-state index in [1.807, 2.05) is 6.92 Å². The third kappa shape index (κ3) is 2.24. The van der Waals surface area contributed by atoms with Crippen LogP contribution >= 0.6 is 0 Å². The Morgan fingerprint density at radius 1 is 1.40 bits per heavy atom. The van der Waals surface area contributed by atoms with E-state index in [1.54, 1.807) is 6.92 Å². The topological polar surface area (TPSA) is 59.2 Å². The van der Waals surface area contributed by atoms with Crippen LogP contribution in [-0.4, -0.2) is 21.4 Å². The number of aryl methyl sites for hydroxylation is 1. The summed E-state index contributed by atoms with van der Waals surface area (Å²) in [4.78, 5) is 4.55. The highest BCUT2D eigenvalue weighted by Gasteiger charge is 2.29. The molecule has 1 aromatic carbocycles. The second kappa shape index (κ2) is 5.37. The highest BCUT2D eigenvalue weighted by Crippen LogP contribution is 2.37. The van der Waals surface area contributed by atoms with Gasteiger partial charge in [-0.15, -0.1) is 0 Å². The van der Waals surface area contributed by atoms with Gasteiger partial charge in [0.2, 0.25) is 5.89 Å². The van der Waals surface area contributed by atoms with Crippen LogP contribution < -0.4 is 0 Å². The summed E-state index contributed by atoms with van der Waals surface area (Å²) < 4.78 is 5.39. The molecule has 1 heterocycles. The van der Waals surface area contributed by atoms with Gasteiger partial charge in [-0.05, 0) is 37.3 Å². The fourth-order valence-electron chi connectivity index (χ4n) is 3.09. The molecule has 3 unspecified atom stereocenters. The van der Waals surface area contributed by atoms with Gasteiger partial charge < -0.3 is 9.63 Å². The van der Waals surface area contributed by atoms with Gasteiger partial charge in [0.1, 0.15) is 0 Å². The Kier molecular flexibility index (Phi) is 3.57. The first-order valence-corrected chi connectivity index (χ1v) is 7.30. The van der Waals surface area contributed by atoms with Crippen LogP contribution in [0.4, 0.5) is 0 Å². The predicted molar refractivity (Wildman–Crippen MR) is 75.6 cm³/mol. The lowest BCUT2D eigenvalue weighted by atomic mass is 9.99. The van der Waals surface area contributed by atoms with Crippen molar-refractivity contribution in [1.29, 1.82) is 0 Å². The molecule has 3 atom stereocenters. The van der Waals surface area contributed by atoms with Gasteiger partial charge in [-0.25, -0.2) is 0 Å². The third-order valence-corrected chi connectivity index (χ3v) is 4.24. The van der Waals surface area contributed by atoms with Crippen LogP contribution in [0.2, 0.25) is 0 Å². The van der Waals surface area contributed by atoms with Crippen molar-refractivity contribution >= 4 is 0 Å². The lowest BCUT2D eigenvalue weighted by Gasteiger charge is -2.12. The summed E-state index contributed by atoms with van der Waals surface area (Å²) >= 11 is 0. The van der Waals surface area contributed by atoms with E-state index in [0.717, 1.165) is 25.1 Å². The molecule has 0 bridgehead atoms. The average Bonchev–Trinajstić information content (AvgIpc) is 3.05. The summed E-state index contributed by atoms with van der Waals surface area (Å²) in [5, 5.41) is 13.9. The number of rotatable bonds is 4. The largest absolute Gasteiger partial charge is 0.393 e. The van der Waals surface area contributed by atoms with E-state index in [-0.39, 0.29) is 11.8 Å². The highest BCUT2D eigenvalue weighted by molar-refractivity contribution is 5.38. The summed E-state index contributed by atoms with van der Waals surface area (Å²) in [5.74, 6) is 1.47. The van der Waals surface area contributed by atoms with E-state index >= 15 is 0 Å². The summed E-state index contributed by atoms with van der Waals surface area (Å²) in [7, 11) is 0. The smallest absolute Gasteiger partial charge is 0.232 e. The molecule has 0 aliphatic heterocycles. The van der Waals surface area contributed by atoms with Gasteiger partial charge in [0.05, 0.1) is 12.0 Å². The number of aliphatic hydroxyl groups is 1. The predicted octanol–water partition coefficient (Wildman–Crippen LogP) is 3.02. The van der Waals surface area contributed by atoms with E-state index < -0.39 is 6.10 Å². The summed E-state index contributed by atoms with van der Waals surface area (Å²) in [6.07, 6.45) is 2.42. The second-order valence-corrected chi connectivity index (χ2v) is 5.54. The quantitative estimate of drug-likeness (QED) is 0.929. The van der Waals surface area contributed by atoms with Crippen molar-refractivity contribution in [2.45, 2.75) is 51.0 Å². The van der Waals surface area contributed by atoms with E-state index in [9.17, 15) is 5.11 Å². The van der Waals surface area contributed by atoms with Gasteiger partial charge in [0, 0.05) is 5.92 Å². The zero-order valence-electron chi connectivity index (χ0n) is 11.9. The van der Waals surface area contributed by atoms with E-state index in [0.29, 0.717) is 5.89 Å². The van der Waals surface area contributed by atoms with Gasteiger partial charge >= 0.3 is 0 Å². The molecule has 4 nitrogen and oxygen atoms in total. The minimum atomic E-state index is -0.468. The first kappa shape index (κ1) is 13.3. The van der Waals surface area contributed by atoms with Crippen molar-refractivity contribution in [3.05, 3.63) is 47.1 Å². The fraction of sp³-hybridized carbons (Fsp3) is 0.500. The standard InChI is InChI=1S/C16H20N2O2/c1-3-12(10(2)19)16-17-15(18-20-16)14-9-8-11-6-4-5-7-13(11)14/h4-7,10,12,14,19H,3,8-9H2,1-2H3. The maximum absolute atomic E-state index is 9.77. The number of hydrogen-bond acceptors (Lipinski definition) is 4. The Hall–Kier alpha value is -1.68. The summed E-state index contributed by atoms with van der Waals surface area (Å²) in [5.41, 5.74) is 2.69. The third-order valence-electron chi connectivity index (χ3n) is 4.24. The summed E-state index contributed by atoms with van der Waals surface area (Å²) in [6.45, 7) is 3.79. The number of fused-ring (bicyclic) bond motifs is 1. The average molecular weight is 272 g/mol. The first-order chi connectivity index (χ1) is 9.70. The van der Waals surface area contributed by atoms with Crippen LogP contribution in [0, 0.1) is 0 Å². The molecule has 0 radical (unpaired) electrons. The minimum Gasteiger partial charge on any atom is -0.393 e. The molecule has 1 N–H and O–H groups in total. The molecule has 1 aliphatic carbocycles. The molecular formula is C16H20N2O2. The molecule has 20 heavy (non-hydrogen) atoms. The highest BCUT2D eigenvalue weighted by atomic mass is 16.5. The Morgan fingerprint density at radius 2 is 2.20 bits per heavy atom. The number of aromatic nitrogens is 2. The van der Waals surface area contributed by atoms with Gasteiger partial charge in [0.15, 0.2) is 5.82 Å². The molecule has 0 fully saturated rings. The van der Waals surface area contributed by atoms with Crippen molar-refractivity contribution in [3.8, 4) is 0 Å². The molecule has 0 saturated heterocycles. The van der Waals surface area contributed by atoms with Crippen molar-refractivity contribution in [3.63, 3.8) is 0 Å². The molecule has 0 amide bonds. The molecule has 4 heteroatoms. The molecule has 3 rings (SSSR count). The molecule has 2 aromatic rings. The molecule has 0 saturated carbocycles. The maximum Gasteiger partial charge on any atom is 0.232 e. The Balaban J connectivity index is 1.88. The number of benzene rings is 1. The van der Waals surface area contributed by atoms with Crippen LogP contribution in [-0.2, 0) is 6.42 Å². The second-order valence-electron chi connectivity index (χ2n) is 5.54. The van der Waals surface area contributed by atoms with E-state index in [1.165, 1.54) is 11.1 Å². The zero-order valence-corrected chi connectivity index (χ0v) is 11.9. The molecular weight excluding hydrogens is 252 g/mol. The number of hydrogen-bond donors (Lipinski definition) is 1. The van der Waals surface area contributed by atoms with Crippen molar-refractivity contribution in [2.75, 3.05) is 0 Å². The number of aliphatic hydroxyl groups excluding tert-OH is 1. The Morgan fingerprint density at radius 3 is 2.95 bits per heavy atom. The summed E-state index contributed by atoms with van der Waals surface area (Å²) in [6, 6.07) is 8.45. The first-order valence-electron chi connectivity index (χ1n) is 7.30. The number of nitrogens with zero attached hydrogens (tertiary/aromatic N) is 2. The Labute approximate surface area is 118 Å². The van der Waals surface area contributed by atoms with Crippen molar-refractivity contribution in [1.82, 2.24) is 10.1 Å². The molecule has 0 spiro atoms. The van der Waals surface area contributed by atoms with Gasteiger partial charge in [-0.2, -0.15) is 4.98 Å². The minimum absolute atomic E-state index is 0.0760. The van der Waals surface area contributed by atoms with Gasteiger partial charge in [0.25, 0.3) is 0 Å². The van der Waals surface area contributed by atoms with Crippen molar-refractivity contribution < 1.29 is 9.63 Å². The fourth-order valence-corrected chi connectivity index (χ4v) is 3.09. The van der Waals surface area contributed by atoms with Crippen LogP contribution in [0.5, 0.6) is 0 Å². The zero-order chi connectivity index (χ0) is 14.1. The molecule has 1 aromatic heterocycles. The lowest BCUT2D eigenvalue weighted by Crippen LogP contribution is -2.14. The Bertz CT molecular complexity index is 592. The lowest BCUT2D eigenvalue weighted by molar-refractivity contribution is 0.141. The van der Waals surface area contributed by atoms with Crippen LogP contribution in [0.1, 0.15) is 61.4 Å². The SMILES string of the molecule is CCC(c1nc(C2CCc3ccccc32)no1)C(C)O. The van der Waals surface area contributed by atoms with E-state index in [4.69, 9.17) is 4.52 Å². The van der Waals surface area contributed by atoms with Gasteiger partial charge in [-0.3, -0.25) is 0 Å². The van der Waals surface area contributed by atoms with E-state index in [2.05, 4.69) is 34.4 Å². The maximum atomic E-state index is 9.77. The van der Waals surface area contributed by atoms with Crippen LogP contribution in [0.3, 0.4) is 0 Å². The normalized spacial score (nSPS) is 20.6.